The van der Waals surface area contributed by atoms with Crippen LogP contribution in [-0.4, -0.2) is 61.6 Å². The van der Waals surface area contributed by atoms with Crippen LogP contribution in [-0.2, 0) is 11.3 Å². The van der Waals surface area contributed by atoms with Gasteiger partial charge in [-0.2, -0.15) is 0 Å². The molecule has 1 aliphatic rings. The Morgan fingerprint density at radius 3 is 2.40 bits per heavy atom. The van der Waals surface area contributed by atoms with E-state index < -0.39 is 0 Å². The molecule has 2 aromatic carbocycles. The van der Waals surface area contributed by atoms with Gasteiger partial charge in [-0.25, -0.2) is 0 Å². The molecule has 1 heterocycles. The van der Waals surface area contributed by atoms with Crippen molar-refractivity contribution < 1.29 is 9.53 Å². The lowest BCUT2D eigenvalue weighted by molar-refractivity contribution is 0.0162. The molecule has 0 aromatic heterocycles. The Labute approximate surface area is 185 Å². The summed E-state index contributed by atoms with van der Waals surface area (Å²) in [7, 11) is 0. The fourth-order valence-electron chi connectivity index (χ4n) is 3.83. The lowest BCUT2D eigenvalue weighted by Crippen LogP contribution is -2.44. The van der Waals surface area contributed by atoms with Crippen LogP contribution in [0, 0.1) is 0 Å². The standard InChI is InChI=1S/C24H32ClN3O2/c1-3-27(4-2)18-19-9-11-20(12-10-19)24(29)26-17-23(28-13-15-30-16-14-28)21-7-5-6-8-22(21)25/h5-12,23H,3-4,13-18H2,1-2H3,(H,26,29). The van der Waals surface area contributed by atoms with Gasteiger partial charge >= 0.3 is 0 Å². The van der Waals surface area contributed by atoms with Crippen LogP contribution in [0.4, 0.5) is 0 Å². The number of amides is 1. The zero-order valence-corrected chi connectivity index (χ0v) is 18.7. The van der Waals surface area contributed by atoms with E-state index >= 15 is 0 Å². The summed E-state index contributed by atoms with van der Waals surface area (Å²) in [5.74, 6) is -0.0605. The number of nitrogens with zero attached hydrogens (tertiary/aromatic N) is 2. The van der Waals surface area contributed by atoms with Gasteiger partial charge in [0.1, 0.15) is 0 Å². The van der Waals surface area contributed by atoms with Gasteiger partial charge in [-0.3, -0.25) is 14.6 Å². The van der Waals surface area contributed by atoms with Gasteiger partial charge in [0.15, 0.2) is 0 Å². The molecular formula is C24H32ClN3O2. The van der Waals surface area contributed by atoms with E-state index in [1.165, 1.54) is 5.56 Å². The van der Waals surface area contributed by atoms with Crippen molar-refractivity contribution in [1.29, 1.82) is 0 Å². The lowest BCUT2D eigenvalue weighted by atomic mass is 10.0. The maximum atomic E-state index is 12.8. The van der Waals surface area contributed by atoms with Crippen LogP contribution in [0.2, 0.25) is 5.02 Å². The Morgan fingerprint density at radius 1 is 1.10 bits per heavy atom. The van der Waals surface area contributed by atoms with Gasteiger partial charge in [0.25, 0.3) is 5.91 Å². The fourth-order valence-corrected chi connectivity index (χ4v) is 4.09. The van der Waals surface area contributed by atoms with E-state index in [0.29, 0.717) is 25.3 Å². The first-order valence-corrected chi connectivity index (χ1v) is 11.2. The third kappa shape index (κ3) is 6.05. The summed E-state index contributed by atoms with van der Waals surface area (Å²) in [6.45, 7) is 10.8. The van der Waals surface area contributed by atoms with Gasteiger partial charge in [0, 0.05) is 36.8 Å². The molecule has 6 heteroatoms. The van der Waals surface area contributed by atoms with E-state index in [2.05, 4.69) is 29.0 Å². The van der Waals surface area contributed by atoms with Crippen molar-refractivity contribution in [2.24, 2.45) is 0 Å². The molecule has 2 aromatic rings. The van der Waals surface area contributed by atoms with Crippen LogP contribution in [0.5, 0.6) is 0 Å². The molecule has 1 unspecified atom stereocenters. The average Bonchev–Trinajstić information content (AvgIpc) is 2.79. The third-order valence-electron chi connectivity index (χ3n) is 5.72. The van der Waals surface area contributed by atoms with Gasteiger partial charge in [-0.1, -0.05) is 55.8 Å². The number of benzene rings is 2. The smallest absolute Gasteiger partial charge is 0.251 e. The number of rotatable bonds is 9. The summed E-state index contributed by atoms with van der Waals surface area (Å²) in [5, 5.41) is 3.84. The first-order chi connectivity index (χ1) is 14.6. The van der Waals surface area contributed by atoms with Crippen molar-refractivity contribution in [2.45, 2.75) is 26.4 Å². The third-order valence-corrected chi connectivity index (χ3v) is 6.07. The summed E-state index contributed by atoms with van der Waals surface area (Å²) >= 11 is 6.48. The van der Waals surface area contributed by atoms with Crippen LogP contribution in [0.25, 0.3) is 0 Å². The summed E-state index contributed by atoms with van der Waals surface area (Å²) in [5.41, 5.74) is 2.94. The zero-order chi connectivity index (χ0) is 21.3. The van der Waals surface area contributed by atoms with Crippen molar-refractivity contribution in [1.82, 2.24) is 15.1 Å². The van der Waals surface area contributed by atoms with E-state index in [0.717, 1.165) is 43.3 Å². The summed E-state index contributed by atoms with van der Waals surface area (Å²) in [4.78, 5) is 17.5. The molecule has 162 valence electrons. The number of ether oxygens (including phenoxy) is 1. The number of carbonyl (C=O) groups excluding carboxylic acids is 1. The highest BCUT2D eigenvalue weighted by molar-refractivity contribution is 6.31. The number of nitrogens with one attached hydrogen (secondary N) is 1. The predicted molar refractivity (Wildman–Crippen MR) is 122 cm³/mol. The molecule has 1 N–H and O–H groups in total. The van der Waals surface area contributed by atoms with Crippen LogP contribution in [0.3, 0.4) is 0 Å². The minimum Gasteiger partial charge on any atom is -0.379 e. The second kappa shape index (κ2) is 11.5. The molecule has 5 nitrogen and oxygen atoms in total. The second-order valence-corrected chi connectivity index (χ2v) is 7.96. The average molecular weight is 430 g/mol. The van der Waals surface area contributed by atoms with Gasteiger partial charge in [-0.15, -0.1) is 0 Å². The predicted octanol–water partition coefficient (Wildman–Crippen LogP) is 3.99. The van der Waals surface area contributed by atoms with Crippen molar-refractivity contribution >= 4 is 17.5 Å². The van der Waals surface area contributed by atoms with Crippen LogP contribution in [0.1, 0.15) is 41.4 Å². The molecule has 1 aliphatic heterocycles. The molecular weight excluding hydrogens is 398 g/mol. The van der Waals surface area contributed by atoms with Crippen molar-refractivity contribution in [2.75, 3.05) is 45.9 Å². The van der Waals surface area contributed by atoms with E-state index in [9.17, 15) is 4.79 Å². The Balaban J connectivity index is 1.66. The Morgan fingerprint density at radius 2 is 1.77 bits per heavy atom. The molecule has 1 atom stereocenters. The van der Waals surface area contributed by atoms with Gasteiger partial charge in [0.2, 0.25) is 0 Å². The van der Waals surface area contributed by atoms with E-state index in [4.69, 9.17) is 16.3 Å². The van der Waals surface area contributed by atoms with E-state index in [1.54, 1.807) is 0 Å². The second-order valence-electron chi connectivity index (χ2n) is 7.55. The highest BCUT2D eigenvalue weighted by atomic mass is 35.5. The van der Waals surface area contributed by atoms with Gasteiger partial charge in [0.05, 0.1) is 19.3 Å². The Bertz CT molecular complexity index is 802. The normalized spacial score (nSPS) is 15.9. The summed E-state index contributed by atoms with van der Waals surface area (Å²) in [6, 6.07) is 15.8. The molecule has 0 saturated carbocycles. The highest BCUT2D eigenvalue weighted by Crippen LogP contribution is 2.27. The number of morpholine rings is 1. The van der Waals surface area contributed by atoms with Crippen LogP contribution < -0.4 is 5.32 Å². The van der Waals surface area contributed by atoms with Crippen molar-refractivity contribution in [3.8, 4) is 0 Å². The molecule has 0 bridgehead atoms. The van der Waals surface area contributed by atoms with E-state index in [1.807, 2.05) is 48.5 Å². The number of hydrogen-bond donors (Lipinski definition) is 1. The minimum absolute atomic E-state index is 0.0217. The quantitative estimate of drug-likeness (QED) is 0.654. The molecule has 1 amide bonds. The number of hydrogen-bond acceptors (Lipinski definition) is 4. The summed E-state index contributed by atoms with van der Waals surface area (Å²) in [6.07, 6.45) is 0. The largest absolute Gasteiger partial charge is 0.379 e. The molecule has 0 radical (unpaired) electrons. The molecule has 30 heavy (non-hydrogen) atoms. The van der Waals surface area contributed by atoms with E-state index in [-0.39, 0.29) is 11.9 Å². The molecule has 3 rings (SSSR count). The highest BCUT2D eigenvalue weighted by Gasteiger charge is 2.25. The van der Waals surface area contributed by atoms with Gasteiger partial charge in [-0.05, 0) is 42.4 Å². The monoisotopic (exact) mass is 429 g/mol. The molecule has 0 spiro atoms. The SMILES string of the molecule is CCN(CC)Cc1ccc(C(=O)NCC(c2ccccc2Cl)N2CCOCC2)cc1. The molecule has 0 aliphatic carbocycles. The molecule has 1 saturated heterocycles. The number of halogens is 1. The van der Waals surface area contributed by atoms with Crippen molar-refractivity contribution in [3.05, 3.63) is 70.2 Å². The first kappa shape index (κ1) is 22.8. The number of carbonyl (C=O) groups is 1. The van der Waals surface area contributed by atoms with Crippen LogP contribution >= 0.6 is 11.6 Å². The topological polar surface area (TPSA) is 44.8 Å². The van der Waals surface area contributed by atoms with Crippen LogP contribution in [0.15, 0.2) is 48.5 Å². The maximum absolute atomic E-state index is 12.8. The van der Waals surface area contributed by atoms with Crippen molar-refractivity contribution in [3.63, 3.8) is 0 Å². The summed E-state index contributed by atoms with van der Waals surface area (Å²) < 4.78 is 5.50. The molecule has 1 fully saturated rings. The Kier molecular flexibility index (Phi) is 8.70. The van der Waals surface area contributed by atoms with Gasteiger partial charge < -0.3 is 10.1 Å². The zero-order valence-electron chi connectivity index (χ0n) is 17.9. The fraction of sp³-hybridized carbons (Fsp3) is 0.458. The lowest BCUT2D eigenvalue weighted by Gasteiger charge is -2.35. The first-order valence-electron chi connectivity index (χ1n) is 10.8. The Hall–Kier alpha value is -1.92. The minimum atomic E-state index is -0.0605. The maximum Gasteiger partial charge on any atom is 0.251 e.